The van der Waals surface area contributed by atoms with Crippen LogP contribution < -0.4 is 0 Å². The zero-order valence-corrected chi connectivity index (χ0v) is 8.55. The maximum atomic E-state index is 11.4. The number of likely N-dealkylation sites (tertiary alicyclic amines) is 1. The molecule has 1 atom stereocenters. The largest absolute Gasteiger partial charge is 0.298 e. The minimum atomic E-state index is -0.172. The number of hydrogen-bond acceptors (Lipinski definition) is 2. The molecule has 0 spiro atoms. The maximum absolute atomic E-state index is 11.4. The molecule has 1 fully saturated rings. The highest BCUT2D eigenvalue weighted by molar-refractivity contribution is 5.86. The fraction of sp³-hybridized carbons (Fsp3) is 0.900. The Labute approximate surface area is 74.9 Å². The fourth-order valence-electron chi connectivity index (χ4n) is 2.19. The van der Waals surface area contributed by atoms with Crippen molar-refractivity contribution in [2.24, 2.45) is 0 Å². The third-order valence-electron chi connectivity index (χ3n) is 3.08. The first-order valence-corrected chi connectivity index (χ1v) is 4.76. The number of carbonyl (C=O) groups is 1. The fourth-order valence-corrected chi connectivity index (χ4v) is 2.19. The first-order valence-electron chi connectivity index (χ1n) is 4.76. The van der Waals surface area contributed by atoms with Crippen molar-refractivity contribution in [2.75, 3.05) is 6.54 Å². The van der Waals surface area contributed by atoms with Crippen LogP contribution in [-0.4, -0.2) is 28.8 Å². The topological polar surface area (TPSA) is 20.3 Å². The molecule has 0 aromatic carbocycles. The number of ketones is 1. The van der Waals surface area contributed by atoms with Gasteiger partial charge in [0.25, 0.3) is 0 Å². The summed E-state index contributed by atoms with van der Waals surface area (Å²) in [4.78, 5) is 13.8. The number of Topliss-reactive ketones (excluding diaryl/α,β-unsaturated/α-hetero) is 1. The van der Waals surface area contributed by atoms with Crippen molar-refractivity contribution in [1.82, 2.24) is 4.90 Å². The SMILES string of the molecule is CC(=O)[C@]1(C)CCCN1C(C)C. The van der Waals surface area contributed by atoms with E-state index in [0.29, 0.717) is 11.8 Å². The van der Waals surface area contributed by atoms with Crippen molar-refractivity contribution < 1.29 is 4.79 Å². The predicted octanol–water partition coefficient (Wildman–Crippen LogP) is 1.84. The zero-order valence-electron chi connectivity index (χ0n) is 8.55. The van der Waals surface area contributed by atoms with Gasteiger partial charge in [0.1, 0.15) is 5.78 Å². The van der Waals surface area contributed by atoms with E-state index in [2.05, 4.69) is 25.7 Å². The molecule has 0 aromatic rings. The Hall–Kier alpha value is -0.370. The molecule has 12 heavy (non-hydrogen) atoms. The van der Waals surface area contributed by atoms with Crippen LogP contribution in [-0.2, 0) is 4.79 Å². The molecule has 0 aromatic heterocycles. The highest BCUT2D eigenvalue weighted by Gasteiger charge is 2.41. The zero-order chi connectivity index (χ0) is 9.35. The van der Waals surface area contributed by atoms with Crippen LogP contribution >= 0.6 is 0 Å². The molecule has 1 aliphatic rings. The Morgan fingerprint density at radius 3 is 2.42 bits per heavy atom. The lowest BCUT2D eigenvalue weighted by Gasteiger charge is -2.35. The van der Waals surface area contributed by atoms with Crippen molar-refractivity contribution in [2.45, 2.75) is 52.1 Å². The third-order valence-corrected chi connectivity index (χ3v) is 3.08. The minimum absolute atomic E-state index is 0.172. The normalized spacial score (nSPS) is 31.4. The predicted molar refractivity (Wildman–Crippen MR) is 50.2 cm³/mol. The summed E-state index contributed by atoms with van der Waals surface area (Å²) >= 11 is 0. The monoisotopic (exact) mass is 169 g/mol. The van der Waals surface area contributed by atoms with Gasteiger partial charge in [-0.05, 0) is 47.1 Å². The smallest absolute Gasteiger partial charge is 0.149 e. The molecule has 0 radical (unpaired) electrons. The van der Waals surface area contributed by atoms with Gasteiger partial charge in [0.2, 0.25) is 0 Å². The minimum Gasteiger partial charge on any atom is -0.298 e. The third kappa shape index (κ3) is 1.40. The summed E-state index contributed by atoms with van der Waals surface area (Å²) in [6.07, 6.45) is 2.19. The van der Waals surface area contributed by atoms with Gasteiger partial charge >= 0.3 is 0 Å². The summed E-state index contributed by atoms with van der Waals surface area (Å²) in [6, 6.07) is 0.487. The second-order valence-electron chi connectivity index (χ2n) is 4.22. The van der Waals surface area contributed by atoms with Gasteiger partial charge in [-0.2, -0.15) is 0 Å². The summed E-state index contributed by atoms with van der Waals surface area (Å²) in [7, 11) is 0. The number of rotatable bonds is 2. The Bertz CT molecular complexity index is 188. The van der Waals surface area contributed by atoms with Gasteiger partial charge in [-0.15, -0.1) is 0 Å². The van der Waals surface area contributed by atoms with E-state index >= 15 is 0 Å². The molecule has 0 unspecified atom stereocenters. The van der Waals surface area contributed by atoms with Gasteiger partial charge < -0.3 is 0 Å². The van der Waals surface area contributed by atoms with Gasteiger partial charge in [-0.1, -0.05) is 0 Å². The van der Waals surface area contributed by atoms with Gasteiger partial charge in [0.05, 0.1) is 5.54 Å². The van der Waals surface area contributed by atoms with Crippen LogP contribution in [0.5, 0.6) is 0 Å². The molecule has 0 N–H and O–H groups in total. The Morgan fingerprint density at radius 2 is 2.08 bits per heavy atom. The van der Waals surface area contributed by atoms with Crippen LogP contribution in [0.15, 0.2) is 0 Å². The van der Waals surface area contributed by atoms with Gasteiger partial charge in [-0.3, -0.25) is 9.69 Å². The van der Waals surface area contributed by atoms with Crippen molar-refractivity contribution in [3.8, 4) is 0 Å². The number of hydrogen-bond donors (Lipinski definition) is 0. The average molecular weight is 169 g/mol. The summed E-state index contributed by atoms with van der Waals surface area (Å²) in [6.45, 7) is 9.18. The van der Waals surface area contributed by atoms with Gasteiger partial charge in [-0.25, -0.2) is 0 Å². The molecule has 2 nitrogen and oxygen atoms in total. The molecule has 1 heterocycles. The standard InChI is InChI=1S/C10H19NO/c1-8(2)11-7-5-6-10(11,4)9(3)12/h8H,5-7H2,1-4H3/t10-/m0/s1. The van der Waals surface area contributed by atoms with Crippen LogP contribution in [0.3, 0.4) is 0 Å². The summed E-state index contributed by atoms with van der Waals surface area (Å²) in [5.74, 6) is 0.314. The molecular weight excluding hydrogens is 150 g/mol. The van der Waals surface area contributed by atoms with E-state index in [0.717, 1.165) is 19.4 Å². The molecule has 1 aliphatic heterocycles. The summed E-state index contributed by atoms with van der Waals surface area (Å²) in [5.41, 5.74) is -0.172. The summed E-state index contributed by atoms with van der Waals surface area (Å²) < 4.78 is 0. The average Bonchev–Trinajstić information content (AvgIpc) is 2.32. The molecule has 0 aliphatic carbocycles. The van der Waals surface area contributed by atoms with E-state index in [-0.39, 0.29) is 5.54 Å². The first-order chi connectivity index (χ1) is 5.48. The quantitative estimate of drug-likeness (QED) is 0.628. The Kier molecular flexibility index (Phi) is 2.57. The van der Waals surface area contributed by atoms with Gasteiger partial charge in [0, 0.05) is 6.04 Å². The first kappa shape index (κ1) is 9.72. The summed E-state index contributed by atoms with van der Waals surface area (Å²) in [5, 5.41) is 0. The molecule has 1 saturated heterocycles. The van der Waals surface area contributed by atoms with E-state index in [1.807, 2.05) is 0 Å². The molecule has 1 rings (SSSR count). The van der Waals surface area contributed by atoms with Crippen LogP contribution in [0.1, 0.15) is 40.5 Å². The maximum Gasteiger partial charge on any atom is 0.149 e. The second-order valence-corrected chi connectivity index (χ2v) is 4.22. The number of nitrogens with zero attached hydrogens (tertiary/aromatic N) is 1. The van der Waals surface area contributed by atoms with E-state index in [1.54, 1.807) is 6.92 Å². The van der Waals surface area contributed by atoms with Crippen molar-refractivity contribution in [1.29, 1.82) is 0 Å². The van der Waals surface area contributed by atoms with Gasteiger partial charge in [0.15, 0.2) is 0 Å². The molecule has 0 bridgehead atoms. The van der Waals surface area contributed by atoms with E-state index in [9.17, 15) is 4.79 Å². The lowest BCUT2D eigenvalue weighted by Crippen LogP contribution is -2.49. The van der Waals surface area contributed by atoms with Crippen molar-refractivity contribution in [3.63, 3.8) is 0 Å². The highest BCUT2D eigenvalue weighted by Crippen LogP contribution is 2.31. The van der Waals surface area contributed by atoms with Crippen LogP contribution in [0.2, 0.25) is 0 Å². The molecule has 70 valence electrons. The van der Waals surface area contributed by atoms with Crippen LogP contribution in [0.4, 0.5) is 0 Å². The Morgan fingerprint density at radius 1 is 1.50 bits per heavy atom. The van der Waals surface area contributed by atoms with Crippen LogP contribution in [0.25, 0.3) is 0 Å². The molecule has 0 saturated carbocycles. The van der Waals surface area contributed by atoms with E-state index in [1.165, 1.54) is 0 Å². The van der Waals surface area contributed by atoms with Crippen molar-refractivity contribution in [3.05, 3.63) is 0 Å². The lowest BCUT2D eigenvalue weighted by atomic mass is 9.93. The van der Waals surface area contributed by atoms with Crippen LogP contribution in [0, 0.1) is 0 Å². The Balaban J connectivity index is 2.81. The second kappa shape index (κ2) is 3.17. The molecule has 2 heteroatoms. The van der Waals surface area contributed by atoms with E-state index in [4.69, 9.17) is 0 Å². The lowest BCUT2D eigenvalue weighted by molar-refractivity contribution is -0.127. The molecular formula is C10H19NO. The van der Waals surface area contributed by atoms with Crippen molar-refractivity contribution >= 4 is 5.78 Å². The van der Waals surface area contributed by atoms with E-state index < -0.39 is 0 Å². The highest BCUT2D eigenvalue weighted by atomic mass is 16.1. The molecule has 0 amide bonds. The number of carbonyl (C=O) groups excluding carboxylic acids is 1.